The first-order chi connectivity index (χ1) is 19.9. The van der Waals surface area contributed by atoms with E-state index in [-0.39, 0.29) is 30.1 Å². The van der Waals surface area contributed by atoms with Crippen LogP contribution >= 0.6 is 0 Å². The average molecular weight is 596 g/mol. The van der Waals surface area contributed by atoms with Crippen LogP contribution in [0.1, 0.15) is 16.7 Å². The molecule has 2 aromatic carbocycles. The van der Waals surface area contributed by atoms with Crippen LogP contribution in [0.5, 0.6) is 11.6 Å². The van der Waals surface area contributed by atoms with Crippen molar-refractivity contribution in [1.29, 1.82) is 0 Å². The molecule has 0 atom stereocenters. The number of nitrogens with zero attached hydrogens (tertiary/aromatic N) is 5. The van der Waals surface area contributed by atoms with Crippen molar-refractivity contribution in [3.63, 3.8) is 0 Å². The van der Waals surface area contributed by atoms with E-state index in [2.05, 4.69) is 45.8 Å². The maximum absolute atomic E-state index is 13.7. The lowest BCUT2D eigenvalue weighted by atomic mass is 10.2. The van der Waals surface area contributed by atoms with Gasteiger partial charge >= 0.3 is 12.5 Å². The molecule has 0 amide bonds. The lowest BCUT2D eigenvalue weighted by molar-refractivity contribution is -0.274. The Bertz CT molecular complexity index is 1530. The zero-order valence-corrected chi connectivity index (χ0v) is 21.3. The number of hydrogen-bond donors (Lipinski definition) is 3. The van der Waals surface area contributed by atoms with Gasteiger partial charge in [0.2, 0.25) is 23.7 Å². The van der Waals surface area contributed by atoms with Gasteiger partial charge in [0.1, 0.15) is 11.6 Å². The highest BCUT2D eigenvalue weighted by Crippen LogP contribution is 2.33. The number of nitrogens with one attached hydrogen (secondary N) is 3. The van der Waals surface area contributed by atoms with Crippen LogP contribution in [0.3, 0.4) is 0 Å². The van der Waals surface area contributed by atoms with E-state index in [1.54, 1.807) is 12.1 Å². The van der Waals surface area contributed by atoms with Crippen molar-refractivity contribution in [2.75, 3.05) is 23.2 Å². The molecule has 42 heavy (non-hydrogen) atoms. The van der Waals surface area contributed by atoms with Crippen LogP contribution in [0.15, 0.2) is 65.9 Å². The summed E-state index contributed by atoms with van der Waals surface area (Å²) in [5.74, 6) is -1.87. The molecule has 3 N–H and O–H groups in total. The van der Waals surface area contributed by atoms with Crippen molar-refractivity contribution >= 4 is 29.7 Å². The van der Waals surface area contributed by atoms with Crippen molar-refractivity contribution in [2.24, 2.45) is 5.10 Å². The van der Waals surface area contributed by atoms with Gasteiger partial charge in [0.15, 0.2) is 0 Å². The molecule has 0 saturated heterocycles. The third kappa shape index (κ3) is 8.64. The average Bonchev–Trinajstić information content (AvgIpc) is 2.93. The fourth-order valence-electron chi connectivity index (χ4n) is 3.25. The molecule has 0 aliphatic heterocycles. The Morgan fingerprint density at radius 2 is 1.60 bits per heavy atom. The SMILES string of the molecule is COc1ccc(CNc2nc(N/N=C/c3ccc(OC(F)(F)F)cc3)nc(Nc3ccc(F)c(C(F)(F)F)c3)n2)cn1. The predicted molar refractivity (Wildman–Crippen MR) is 137 cm³/mol. The van der Waals surface area contributed by atoms with E-state index >= 15 is 0 Å². The Kier molecular flexibility index (Phi) is 8.87. The second-order valence-corrected chi connectivity index (χ2v) is 8.17. The quantitative estimate of drug-likeness (QED) is 0.113. The molecule has 0 bridgehead atoms. The van der Waals surface area contributed by atoms with Gasteiger partial charge in [0.25, 0.3) is 0 Å². The molecule has 2 heterocycles. The summed E-state index contributed by atoms with van der Waals surface area (Å²) >= 11 is 0. The van der Waals surface area contributed by atoms with Crippen molar-refractivity contribution in [2.45, 2.75) is 19.1 Å². The van der Waals surface area contributed by atoms with Crippen molar-refractivity contribution in [1.82, 2.24) is 19.9 Å². The first kappa shape index (κ1) is 29.8. The third-order valence-corrected chi connectivity index (χ3v) is 5.11. The largest absolute Gasteiger partial charge is 0.573 e. The molecular weight excluding hydrogens is 577 g/mol. The molecule has 0 aliphatic carbocycles. The molecule has 4 aromatic rings. The molecule has 0 saturated carbocycles. The van der Waals surface area contributed by atoms with Gasteiger partial charge < -0.3 is 20.1 Å². The molecule has 0 spiro atoms. The Morgan fingerprint density at radius 1 is 0.881 bits per heavy atom. The number of benzene rings is 2. The molecule has 0 aliphatic rings. The highest BCUT2D eigenvalue weighted by Gasteiger charge is 2.34. The molecular formula is C25H19F7N8O2. The number of aromatic nitrogens is 4. The minimum absolute atomic E-state index is 0.0205. The zero-order chi connectivity index (χ0) is 30.3. The van der Waals surface area contributed by atoms with E-state index in [1.165, 1.54) is 31.7 Å². The lowest BCUT2D eigenvalue weighted by Crippen LogP contribution is -2.17. The number of methoxy groups -OCH3 is 1. The fraction of sp³-hybridized carbons (Fsp3) is 0.160. The summed E-state index contributed by atoms with van der Waals surface area (Å²) in [6, 6.07) is 10.5. The van der Waals surface area contributed by atoms with Gasteiger partial charge in [0.05, 0.1) is 18.9 Å². The summed E-state index contributed by atoms with van der Waals surface area (Å²) < 4.78 is 99.1. The van der Waals surface area contributed by atoms with E-state index < -0.39 is 29.7 Å². The topological polar surface area (TPSA) is 118 Å². The maximum Gasteiger partial charge on any atom is 0.573 e. The highest BCUT2D eigenvalue weighted by molar-refractivity contribution is 5.80. The number of halogens is 7. The number of anilines is 4. The molecule has 0 fully saturated rings. The molecule has 220 valence electrons. The Morgan fingerprint density at radius 3 is 2.24 bits per heavy atom. The van der Waals surface area contributed by atoms with Gasteiger partial charge in [-0.3, -0.25) is 0 Å². The normalized spacial score (nSPS) is 11.8. The first-order valence-corrected chi connectivity index (χ1v) is 11.7. The summed E-state index contributed by atoms with van der Waals surface area (Å²) in [7, 11) is 1.47. The maximum atomic E-state index is 13.7. The summed E-state index contributed by atoms with van der Waals surface area (Å²) in [6.07, 6.45) is -6.98. The third-order valence-electron chi connectivity index (χ3n) is 5.11. The second kappa shape index (κ2) is 12.5. The number of hydrazone groups is 1. The molecule has 0 radical (unpaired) electrons. The number of rotatable bonds is 10. The molecule has 4 rings (SSSR count). The van der Waals surface area contributed by atoms with Crippen LogP contribution < -0.4 is 25.5 Å². The first-order valence-electron chi connectivity index (χ1n) is 11.7. The summed E-state index contributed by atoms with van der Waals surface area (Å²) in [6.45, 7) is 0.185. The van der Waals surface area contributed by atoms with Gasteiger partial charge in [-0.1, -0.05) is 6.07 Å². The molecule has 0 unspecified atom stereocenters. The van der Waals surface area contributed by atoms with Gasteiger partial charge in [-0.2, -0.15) is 33.2 Å². The molecule has 2 aromatic heterocycles. The lowest BCUT2D eigenvalue weighted by Gasteiger charge is -2.12. The van der Waals surface area contributed by atoms with Crippen LogP contribution in [-0.4, -0.2) is 39.6 Å². The van der Waals surface area contributed by atoms with Crippen LogP contribution in [0.2, 0.25) is 0 Å². The second-order valence-electron chi connectivity index (χ2n) is 8.17. The Labute approximate surface area is 232 Å². The van der Waals surface area contributed by atoms with Gasteiger partial charge in [0, 0.05) is 24.5 Å². The van der Waals surface area contributed by atoms with Crippen LogP contribution in [0, 0.1) is 5.82 Å². The van der Waals surface area contributed by atoms with Gasteiger partial charge in [-0.05, 0) is 53.6 Å². The standard InChI is InChI=1S/C25H19F7N8O2/c1-41-20-9-4-15(11-33-20)12-34-21-37-22(36-16-5-8-19(26)18(10-16)24(27,28)29)39-23(38-21)40-35-13-14-2-6-17(7-3-14)42-25(30,31)32/h2-11,13H,12H2,1H3,(H3,34,36,37,38,39,40)/b35-13+. The van der Waals surface area contributed by atoms with E-state index in [4.69, 9.17) is 4.74 Å². The Balaban J connectivity index is 1.54. The van der Waals surface area contributed by atoms with Crippen molar-refractivity contribution in [3.05, 3.63) is 83.3 Å². The summed E-state index contributed by atoms with van der Waals surface area (Å²) in [4.78, 5) is 16.4. The fourth-order valence-corrected chi connectivity index (χ4v) is 3.25. The van der Waals surface area contributed by atoms with E-state index in [9.17, 15) is 30.7 Å². The van der Waals surface area contributed by atoms with E-state index in [0.29, 0.717) is 29.1 Å². The number of hydrogen-bond acceptors (Lipinski definition) is 10. The Hall–Kier alpha value is -5.22. The van der Waals surface area contributed by atoms with Crippen molar-refractivity contribution in [3.8, 4) is 11.6 Å². The smallest absolute Gasteiger partial charge is 0.481 e. The van der Waals surface area contributed by atoms with E-state index in [1.807, 2.05) is 0 Å². The predicted octanol–water partition coefficient (Wildman–Crippen LogP) is 6.13. The van der Waals surface area contributed by atoms with Crippen LogP contribution in [0.25, 0.3) is 0 Å². The van der Waals surface area contributed by atoms with Crippen LogP contribution in [-0.2, 0) is 12.7 Å². The van der Waals surface area contributed by atoms with Crippen LogP contribution in [0.4, 0.5) is 54.3 Å². The van der Waals surface area contributed by atoms with Gasteiger partial charge in [-0.15, -0.1) is 13.2 Å². The minimum atomic E-state index is -4.93. The molecule has 10 nitrogen and oxygen atoms in total. The summed E-state index contributed by atoms with van der Waals surface area (Å²) in [5, 5.41) is 9.43. The van der Waals surface area contributed by atoms with E-state index in [0.717, 1.165) is 18.2 Å². The van der Waals surface area contributed by atoms with Gasteiger partial charge in [-0.25, -0.2) is 14.8 Å². The number of alkyl halides is 6. The monoisotopic (exact) mass is 596 g/mol. The summed E-state index contributed by atoms with van der Waals surface area (Å²) in [5.41, 5.74) is 1.98. The zero-order valence-electron chi connectivity index (χ0n) is 21.3. The highest BCUT2D eigenvalue weighted by atomic mass is 19.4. The minimum Gasteiger partial charge on any atom is -0.481 e. The van der Waals surface area contributed by atoms with Crippen molar-refractivity contribution < 1.29 is 40.2 Å². The molecule has 17 heteroatoms. The number of pyridine rings is 1. The number of ether oxygens (including phenoxy) is 2.